The number of fused-ring (bicyclic) bond motifs is 1. The molecule has 0 spiro atoms. The Kier molecular flexibility index (Phi) is 3.67. The monoisotopic (exact) mass is 319 g/mol. The number of thiophene rings is 1. The molecule has 0 N–H and O–H groups in total. The van der Waals surface area contributed by atoms with Gasteiger partial charge in [0.15, 0.2) is 0 Å². The van der Waals surface area contributed by atoms with Crippen LogP contribution in [0.15, 0.2) is 66.7 Å². The van der Waals surface area contributed by atoms with Crippen LogP contribution in [-0.2, 0) is 6.42 Å². The summed E-state index contributed by atoms with van der Waals surface area (Å²) in [5.74, 6) is 0. The van der Waals surface area contributed by atoms with Gasteiger partial charge in [-0.15, -0.1) is 16.4 Å². The lowest BCUT2D eigenvalue weighted by molar-refractivity contribution is 0.526. The van der Waals surface area contributed by atoms with E-state index in [9.17, 15) is 0 Å². The van der Waals surface area contributed by atoms with E-state index >= 15 is 0 Å². The average Bonchev–Trinajstić information content (AvgIpc) is 3.20. The third kappa shape index (κ3) is 2.78. The van der Waals surface area contributed by atoms with Crippen molar-refractivity contribution in [1.29, 1.82) is 0 Å². The van der Waals surface area contributed by atoms with Gasteiger partial charge in [-0.1, -0.05) is 47.7 Å². The van der Waals surface area contributed by atoms with Crippen molar-refractivity contribution in [3.05, 3.63) is 82.0 Å². The molecule has 0 radical (unpaired) electrons. The molecule has 0 aliphatic rings. The maximum Gasteiger partial charge on any atom is 0.113 e. The second-order valence-electron chi connectivity index (χ2n) is 5.68. The summed E-state index contributed by atoms with van der Waals surface area (Å²) in [7, 11) is 0. The van der Waals surface area contributed by atoms with Crippen molar-refractivity contribution in [2.24, 2.45) is 0 Å². The largest absolute Gasteiger partial charge is 0.236 e. The Labute approximate surface area is 139 Å². The van der Waals surface area contributed by atoms with E-state index in [1.165, 1.54) is 15.3 Å². The van der Waals surface area contributed by atoms with Crippen molar-refractivity contribution in [2.75, 3.05) is 0 Å². The quantitative estimate of drug-likeness (QED) is 0.549. The van der Waals surface area contributed by atoms with E-state index in [-0.39, 0.29) is 6.04 Å². The number of aryl methyl sites for hydroxylation is 1. The van der Waals surface area contributed by atoms with Crippen molar-refractivity contribution in [2.45, 2.75) is 19.4 Å². The van der Waals surface area contributed by atoms with Gasteiger partial charge in [0, 0.05) is 9.75 Å². The highest BCUT2D eigenvalue weighted by Crippen LogP contribution is 2.30. The van der Waals surface area contributed by atoms with E-state index < -0.39 is 0 Å². The molecule has 1 unspecified atom stereocenters. The molecule has 2 aromatic heterocycles. The molecule has 23 heavy (non-hydrogen) atoms. The zero-order chi connectivity index (χ0) is 15.6. The molecule has 0 amide bonds. The summed E-state index contributed by atoms with van der Waals surface area (Å²) >= 11 is 1.83. The minimum atomic E-state index is 0.170. The Morgan fingerprint density at radius 3 is 2.52 bits per heavy atom. The van der Waals surface area contributed by atoms with Gasteiger partial charge < -0.3 is 0 Å². The summed E-state index contributed by atoms with van der Waals surface area (Å²) in [5.41, 5.74) is 3.33. The van der Waals surface area contributed by atoms with Crippen LogP contribution in [0, 0.1) is 6.92 Å². The first-order chi connectivity index (χ1) is 11.3. The molecule has 4 aromatic rings. The molecule has 0 bridgehead atoms. The predicted molar refractivity (Wildman–Crippen MR) is 94.9 cm³/mol. The van der Waals surface area contributed by atoms with Crippen molar-refractivity contribution < 1.29 is 0 Å². The third-order valence-corrected chi connectivity index (χ3v) is 5.14. The number of rotatable bonds is 4. The Morgan fingerprint density at radius 1 is 0.957 bits per heavy atom. The summed E-state index contributed by atoms with van der Waals surface area (Å²) < 4.78 is 2.06. The van der Waals surface area contributed by atoms with E-state index in [1.54, 1.807) is 0 Å². The van der Waals surface area contributed by atoms with E-state index in [1.807, 2.05) is 29.5 Å². The van der Waals surface area contributed by atoms with Crippen LogP contribution in [0.3, 0.4) is 0 Å². The summed E-state index contributed by atoms with van der Waals surface area (Å²) in [6, 6.07) is 23.3. The highest BCUT2D eigenvalue weighted by Gasteiger charge is 2.20. The maximum absolute atomic E-state index is 4.45. The van der Waals surface area contributed by atoms with Gasteiger partial charge in [0.1, 0.15) is 5.52 Å². The summed E-state index contributed by atoms with van der Waals surface area (Å²) in [5, 5.41) is 8.78. The van der Waals surface area contributed by atoms with Crippen LogP contribution in [0.5, 0.6) is 0 Å². The summed E-state index contributed by atoms with van der Waals surface area (Å²) in [6.45, 7) is 2.15. The fourth-order valence-electron chi connectivity index (χ4n) is 2.89. The van der Waals surface area contributed by atoms with Crippen LogP contribution < -0.4 is 0 Å². The van der Waals surface area contributed by atoms with Crippen LogP contribution in [0.4, 0.5) is 0 Å². The molecule has 4 heteroatoms. The highest BCUT2D eigenvalue weighted by molar-refractivity contribution is 7.12. The number of hydrogen-bond acceptors (Lipinski definition) is 3. The Balaban J connectivity index is 1.81. The summed E-state index contributed by atoms with van der Waals surface area (Å²) in [4.78, 5) is 2.64. The molecule has 114 valence electrons. The van der Waals surface area contributed by atoms with Gasteiger partial charge in [0.05, 0.1) is 11.6 Å². The van der Waals surface area contributed by atoms with Crippen LogP contribution in [0.1, 0.15) is 21.4 Å². The fourth-order valence-corrected chi connectivity index (χ4v) is 3.86. The van der Waals surface area contributed by atoms with Gasteiger partial charge in [-0.05, 0) is 43.2 Å². The minimum Gasteiger partial charge on any atom is -0.236 e. The molecule has 0 saturated heterocycles. The average molecular weight is 319 g/mol. The van der Waals surface area contributed by atoms with Gasteiger partial charge in [-0.25, -0.2) is 4.68 Å². The summed E-state index contributed by atoms with van der Waals surface area (Å²) in [6.07, 6.45) is 0.911. The van der Waals surface area contributed by atoms with Crippen molar-refractivity contribution in [1.82, 2.24) is 15.0 Å². The van der Waals surface area contributed by atoms with Gasteiger partial charge in [0.2, 0.25) is 0 Å². The zero-order valence-corrected chi connectivity index (χ0v) is 13.7. The predicted octanol–water partition coefficient (Wildman–Crippen LogP) is 4.63. The van der Waals surface area contributed by atoms with Gasteiger partial charge >= 0.3 is 0 Å². The lowest BCUT2D eigenvalue weighted by Crippen LogP contribution is -2.14. The molecular formula is C19H17N3S. The smallest absolute Gasteiger partial charge is 0.113 e. The zero-order valence-electron chi connectivity index (χ0n) is 12.9. The second-order valence-corrected chi connectivity index (χ2v) is 7.00. The van der Waals surface area contributed by atoms with Crippen molar-refractivity contribution >= 4 is 22.4 Å². The van der Waals surface area contributed by atoms with Crippen molar-refractivity contribution in [3.8, 4) is 0 Å². The van der Waals surface area contributed by atoms with E-state index in [4.69, 9.17) is 0 Å². The lowest BCUT2D eigenvalue weighted by Gasteiger charge is -2.17. The lowest BCUT2D eigenvalue weighted by atomic mass is 10.0. The maximum atomic E-state index is 4.45. The number of aromatic nitrogens is 3. The fraction of sp³-hybridized carbons (Fsp3) is 0.158. The standard InChI is InChI=1S/C19H17N3S/c1-14-11-12-19(23-14)18(13-15-7-3-2-4-8-15)22-17-10-6-5-9-16(17)20-21-22/h2-12,18H,13H2,1H3. The number of nitrogens with zero attached hydrogens (tertiary/aromatic N) is 3. The number of hydrogen-bond donors (Lipinski definition) is 0. The molecule has 0 aliphatic carbocycles. The number of para-hydroxylation sites is 1. The van der Waals surface area contributed by atoms with Crippen LogP contribution in [0.25, 0.3) is 11.0 Å². The molecule has 4 rings (SSSR count). The Bertz CT molecular complexity index is 924. The first-order valence-electron chi connectivity index (χ1n) is 7.71. The molecular weight excluding hydrogens is 302 g/mol. The molecule has 2 aromatic carbocycles. The molecule has 3 nitrogen and oxygen atoms in total. The minimum absolute atomic E-state index is 0.170. The Hall–Kier alpha value is -2.46. The first-order valence-corrected chi connectivity index (χ1v) is 8.53. The van der Waals surface area contributed by atoms with E-state index in [2.05, 4.69) is 70.4 Å². The van der Waals surface area contributed by atoms with E-state index in [0.29, 0.717) is 0 Å². The normalized spacial score (nSPS) is 12.6. The highest BCUT2D eigenvalue weighted by atomic mass is 32.1. The third-order valence-electron chi connectivity index (χ3n) is 4.03. The molecule has 2 heterocycles. The van der Waals surface area contributed by atoms with Crippen LogP contribution in [-0.4, -0.2) is 15.0 Å². The van der Waals surface area contributed by atoms with Crippen molar-refractivity contribution in [3.63, 3.8) is 0 Å². The van der Waals surface area contributed by atoms with Gasteiger partial charge in [-0.2, -0.15) is 0 Å². The molecule has 1 atom stereocenters. The Morgan fingerprint density at radius 2 is 1.74 bits per heavy atom. The van der Waals surface area contributed by atoms with Gasteiger partial charge in [0.25, 0.3) is 0 Å². The first kappa shape index (κ1) is 14.2. The second kappa shape index (κ2) is 5.97. The van der Waals surface area contributed by atoms with Crippen LogP contribution >= 0.6 is 11.3 Å². The topological polar surface area (TPSA) is 30.7 Å². The molecule has 0 fully saturated rings. The van der Waals surface area contributed by atoms with Gasteiger partial charge in [-0.3, -0.25) is 0 Å². The van der Waals surface area contributed by atoms with E-state index in [0.717, 1.165) is 17.5 Å². The SMILES string of the molecule is Cc1ccc(C(Cc2ccccc2)n2nnc3ccccc32)s1. The number of benzene rings is 2. The molecule has 0 saturated carbocycles. The molecule has 0 aliphatic heterocycles. The van der Waals surface area contributed by atoms with Crippen LogP contribution in [0.2, 0.25) is 0 Å².